The zero-order valence-corrected chi connectivity index (χ0v) is 11.6. The number of hydrogen-bond donors (Lipinski definition) is 1. The molecule has 0 spiro atoms. The van der Waals surface area contributed by atoms with E-state index < -0.39 is 0 Å². The van der Waals surface area contributed by atoms with E-state index in [4.69, 9.17) is 5.73 Å². The van der Waals surface area contributed by atoms with Crippen molar-refractivity contribution in [3.63, 3.8) is 0 Å². The Balaban J connectivity index is 2.42. The molecule has 2 N–H and O–H groups in total. The van der Waals surface area contributed by atoms with Gasteiger partial charge in [0.1, 0.15) is 5.82 Å². The molecule has 3 nitrogen and oxygen atoms in total. The minimum atomic E-state index is -0.0747. The fourth-order valence-corrected chi connectivity index (χ4v) is 2.49. The van der Waals surface area contributed by atoms with Gasteiger partial charge in [-0.15, -0.1) is 0 Å². The predicted octanol–water partition coefficient (Wildman–Crippen LogP) is 3.19. The van der Waals surface area contributed by atoms with E-state index in [2.05, 4.69) is 0 Å². The quantitative estimate of drug-likeness (QED) is 0.733. The lowest BCUT2D eigenvalue weighted by Crippen LogP contribution is -2.22. The highest BCUT2D eigenvalue weighted by molar-refractivity contribution is 5.84. The van der Waals surface area contributed by atoms with Crippen LogP contribution in [0.3, 0.4) is 0 Å². The predicted molar refractivity (Wildman–Crippen MR) is 83.4 cm³/mol. The van der Waals surface area contributed by atoms with E-state index in [1.807, 2.05) is 62.4 Å². The summed E-state index contributed by atoms with van der Waals surface area (Å²) in [5.41, 5.74) is 9.00. The van der Waals surface area contributed by atoms with Crippen molar-refractivity contribution in [2.75, 3.05) is 5.73 Å². The van der Waals surface area contributed by atoms with Gasteiger partial charge in [0, 0.05) is 5.39 Å². The van der Waals surface area contributed by atoms with Crippen LogP contribution in [0.2, 0.25) is 0 Å². The van der Waals surface area contributed by atoms with Crippen LogP contribution < -0.4 is 11.3 Å². The first-order chi connectivity index (χ1) is 9.58. The van der Waals surface area contributed by atoms with Crippen LogP contribution in [-0.4, -0.2) is 4.57 Å². The Labute approximate surface area is 117 Å². The smallest absolute Gasteiger partial charge is 0.264 e. The van der Waals surface area contributed by atoms with Gasteiger partial charge < -0.3 is 5.73 Å². The maximum atomic E-state index is 12.7. The van der Waals surface area contributed by atoms with Gasteiger partial charge in [-0.2, -0.15) is 0 Å². The maximum absolute atomic E-state index is 12.7. The number of pyridine rings is 1. The molecule has 1 aromatic heterocycles. The van der Waals surface area contributed by atoms with Crippen LogP contribution >= 0.6 is 0 Å². The molecule has 3 aromatic rings. The minimum absolute atomic E-state index is 0.0747. The van der Waals surface area contributed by atoms with E-state index in [9.17, 15) is 4.79 Å². The topological polar surface area (TPSA) is 48.0 Å². The molecule has 0 aliphatic carbocycles. The number of aryl methyl sites for hydroxylation is 2. The Morgan fingerprint density at radius 2 is 1.75 bits per heavy atom. The number of nitrogens with two attached hydrogens (primary N) is 1. The second kappa shape index (κ2) is 4.53. The molecule has 0 saturated heterocycles. The van der Waals surface area contributed by atoms with Crippen molar-refractivity contribution in [2.45, 2.75) is 13.8 Å². The molecule has 3 heteroatoms. The second-order valence-electron chi connectivity index (χ2n) is 5.09. The molecule has 2 aromatic carbocycles. The molecule has 0 aliphatic heterocycles. The molecular weight excluding hydrogens is 248 g/mol. The van der Waals surface area contributed by atoms with Gasteiger partial charge in [0.2, 0.25) is 0 Å². The van der Waals surface area contributed by atoms with Crippen molar-refractivity contribution in [3.8, 4) is 5.69 Å². The van der Waals surface area contributed by atoms with Gasteiger partial charge in [0.05, 0.1) is 5.69 Å². The summed E-state index contributed by atoms with van der Waals surface area (Å²) in [6.45, 7) is 3.99. The van der Waals surface area contributed by atoms with E-state index in [1.54, 1.807) is 4.57 Å². The normalized spacial score (nSPS) is 10.9. The van der Waals surface area contributed by atoms with Crippen LogP contribution in [-0.2, 0) is 0 Å². The fraction of sp³-hybridized carbons (Fsp3) is 0.118. The van der Waals surface area contributed by atoms with Crippen LogP contribution in [0, 0.1) is 13.8 Å². The molecule has 0 amide bonds. The number of anilines is 1. The third kappa shape index (κ3) is 1.88. The summed E-state index contributed by atoms with van der Waals surface area (Å²) in [4.78, 5) is 12.7. The first-order valence-corrected chi connectivity index (χ1v) is 6.56. The minimum Gasteiger partial charge on any atom is -0.385 e. The Kier molecular flexibility index (Phi) is 2.83. The number of nitrogens with zero attached hydrogens (tertiary/aromatic N) is 1. The molecule has 100 valence electrons. The van der Waals surface area contributed by atoms with E-state index in [0.717, 1.165) is 22.2 Å². The van der Waals surface area contributed by atoms with Crippen LogP contribution in [0.15, 0.2) is 53.3 Å². The first-order valence-electron chi connectivity index (χ1n) is 6.56. The highest BCUT2D eigenvalue weighted by Gasteiger charge is 2.10. The third-order valence-electron chi connectivity index (χ3n) is 3.56. The van der Waals surface area contributed by atoms with Crippen molar-refractivity contribution in [2.24, 2.45) is 0 Å². The van der Waals surface area contributed by atoms with Crippen LogP contribution in [0.5, 0.6) is 0 Å². The summed E-state index contributed by atoms with van der Waals surface area (Å²) in [6.07, 6.45) is 0. The summed E-state index contributed by atoms with van der Waals surface area (Å²) in [5, 5.41) is 1.55. The van der Waals surface area contributed by atoms with Crippen molar-refractivity contribution in [3.05, 3.63) is 70.0 Å². The number of fused-ring (bicyclic) bond motifs is 1. The summed E-state index contributed by atoms with van der Waals surface area (Å²) >= 11 is 0. The van der Waals surface area contributed by atoms with Gasteiger partial charge in [0.15, 0.2) is 0 Å². The van der Waals surface area contributed by atoms with Gasteiger partial charge in [-0.05, 0) is 48.6 Å². The highest BCUT2D eigenvalue weighted by atomic mass is 16.1. The number of rotatable bonds is 1. The zero-order valence-electron chi connectivity index (χ0n) is 11.6. The van der Waals surface area contributed by atoms with Crippen LogP contribution in [0.1, 0.15) is 11.1 Å². The molecular formula is C17H16N2O. The number of aromatic nitrogens is 1. The Hall–Kier alpha value is -2.55. The lowest BCUT2D eigenvalue weighted by molar-refractivity contribution is 1.00. The largest absolute Gasteiger partial charge is 0.385 e. The van der Waals surface area contributed by atoms with Gasteiger partial charge in [-0.1, -0.05) is 30.3 Å². The average molecular weight is 264 g/mol. The molecule has 0 aliphatic rings. The Morgan fingerprint density at radius 3 is 2.55 bits per heavy atom. The van der Waals surface area contributed by atoms with Crippen molar-refractivity contribution >= 4 is 16.6 Å². The molecule has 0 radical (unpaired) electrons. The molecule has 3 rings (SSSR count). The van der Waals surface area contributed by atoms with Crippen LogP contribution in [0.4, 0.5) is 5.82 Å². The van der Waals surface area contributed by atoms with Crippen molar-refractivity contribution in [1.29, 1.82) is 0 Å². The number of benzene rings is 2. The summed E-state index contributed by atoms with van der Waals surface area (Å²) < 4.78 is 1.59. The maximum Gasteiger partial charge on any atom is 0.264 e. The fourth-order valence-electron chi connectivity index (χ4n) is 2.49. The highest BCUT2D eigenvalue weighted by Crippen LogP contribution is 2.20. The Morgan fingerprint density at radius 1 is 1.00 bits per heavy atom. The van der Waals surface area contributed by atoms with Crippen LogP contribution in [0.25, 0.3) is 16.5 Å². The molecule has 0 saturated carbocycles. The van der Waals surface area contributed by atoms with Gasteiger partial charge in [-0.25, -0.2) is 0 Å². The summed E-state index contributed by atoms with van der Waals surface area (Å²) in [5.74, 6) is 0.461. The van der Waals surface area contributed by atoms with Gasteiger partial charge in [0.25, 0.3) is 5.56 Å². The van der Waals surface area contributed by atoms with E-state index >= 15 is 0 Å². The SMILES string of the molecule is Cc1ccc(C)c(-n2c(N)cc3ccccc3c2=O)c1. The monoisotopic (exact) mass is 264 g/mol. The zero-order chi connectivity index (χ0) is 14.3. The molecule has 0 fully saturated rings. The summed E-state index contributed by atoms with van der Waals surface area (Å²) in [6, 6.07) is 15.4. The van der Waals surface area contributed by atoms with Crippen molar-refractivity contribution in [1.82, 2.24) is 4.57 Å². The summed E-state index contributed by atoms with van der Waals surface area (Å²) in [7, 11) is 0. The molecule has 0 bridgehead atoms. The number of nitrogen functional groups attached to an aromatic ring is 1. The van der Waals surface area contributed by atoms with Gasteiger partial charge >= 0.3 is 0 Å². The van der Waals surface area contributed by atoms with E-state index in [0.29, 0.717) is 11.2 Å². The number of hydrogen-bond acceptors (Lipinski definition) is 2. The average Bonchev–Trinajstić information content (AvgIpc) is 2.42. The standard InChI is InChI=1S/C17H16N2O/c1-11-7-8-12(2)15(9-11)19-16(18)10-13-5-3-4-6-14(13)17(19)20/h3-10H,18H2,1-2H3. The molecule has 1 heterocycles. The second-order valence-corrected chi connectivity index (χ2v) is 5.09. The molecule has 0 atom stereocenters. The molecule has 20 heavy (non-hydrogen) atoms. The first kappa shape index (κ1) is 12.5. The van der Waals surface area contributed by atoms with E-state index in [-0.39, 0.29) is 5.56 Å². The van der Waals surface area contributed by atoms with E-state index in [1.165, 1.54) is 0 Å². The third-order valence-corrected chi connectivity index (χ3v) is 3.56. The van der Waals surface area contributed by atoms with Gasteiger partial charge in [-0.3, -0.25) is 9.36 Å². The Bertz CT molecular complexity index is 862. The molecule has 0 unspecified atom stereocenters. The lowest BCUT2D eigenvalue weighted by atomic mass is 10.1. The van der Waals surface area contributed by atoms with Crippen molar-refractivity contribution < 1.29 is 0 Å². The lowest BCUT2D eigenvalue weighted by Gasteiger charge is -2.14.